The first kappa shape index (κ1) is 14.9. The first-order valence-electron chi connectivity index (χ1n) is 5.81. The maximum atomic E-state index is 11.6. The van der Waals surface area contributed by atoms with E-state index in [-0.39, 0.29) is 6.54 Å². The fourth-order valence-electron chi connectivity index (χ4n) is 1.40. The Morgan fingerprint density at radius 2 is 1.94 bits per heavy atom. The molecule has 18 heavy (non-hydrogen) atoms. The third-order valence-corrected chi connectivity index (χ3v) is 4.60. The van der Waals surface area contributed by atoms with E-state index in [1.54, 1.807) is 14.0 Å². The second-order valence-corrected chi connectivity index (χ2v) is 6.27. The number of benzene rings is 1. The monoisotopic (exact) mass is 272 g/mol. The summed E-state index contributed by atoms with van der Waals surface area (Å²) < 4.78 is 30.9. The van der Waals surface area contributed by atoms with Gasteiger partial charge in [-0.2, -0.15) is 0 Å². The van der Waals surface area contributed by atoms with Crippen molar-refractivity contribution in [1.82, 2.24) is 4.72 Å². The van der Waals surface area contributed by atoms with E-state index in [9.17, 15) is 8.42 Å². The van der Waals surface area contributed by atoms with E-state index in [4.69, 9.17) is 10.5 Å². The topological polar surface area (TPSA) is 81.4 Å². The van der Waals surface area contributed by atoms with Crippen molar-refractivity contribution in [3.63, 3.8) is 0 Å². The molecule has 1 aromatic rings. The van der Waals surface area contributed by atoms with Crippen LogP contribution in [0, 0.1) is 0 Å². The molecule has 6 heteroatoms. The summed E-state index contributed by atoms with van der Waals surface area (Å²) in [5.41, 5.74) is 6.39. The fraction of sp³-hybridized carbons (Fsp3) is 0.500. The first-order chi connectivity index (χ1) is 8.49. The molecular weight excluding hydrogens is 252 g/mol. The lowest BCUT2D eigenvalue weighted by atomic mass is 10.1. The minimum absolute atomic E-state index is 0.123. The third kappa shape index (κ3) is 4.29. The maximum absolute atomic E-state index is 11.6. The second-order valence-electron chi connectivity index (χ2n) is 4.08. The number of hydrogen-bond acceptors (Lipinski definition) is 4. The highest BCUT2D eigenvalue weighted by Gasteiger charge is 2.17. The standard InChI is InChI=1S/C12H20N2O3S/c1-10(9-13)18(15,16)14-8-7-11-3-5-12(17-2)6-4-11/h3-6,10,14H,7-9,13H2,1-2H3. The van der Waals surface area contributed by atoms with Crippen molar-refractivity contribution in [3.8, 4) is 5.75 Å². The molecule has 0 saturated carbocycles. The molecule has 1 atom stereocenters. The highest BCUT2D eigenvalue weighted by molar-refractivity contribution is 7.90. The summed E-state index contributed by atoms with van der Waals surface area (Å²) >= 11 is 0. The molecule has 3 N–H and O–H groups in total. The Morgan fingerprint density at radius 3 is 2.44 bits per heavy atom. The zero-order chi connectivity index (χ0) is 13.6. The Labute approximate surface area is 108 Å². The molecule has 0 saturated heterocycles. The zero-order valence-corrected chi connectivity index (χ0v) is 11.5. The molecule has 0 aliphatic carbocycles. The summed E-state index contributed by atoms with van der Waals surface area (Å²) in [7, 11) is -1.68. The number of sulfonamides is 1. The molecule has 0 aliphatic heterocycles. The smallest absolute Gasteiger partial charge is 0.215 e. The molecule has 102 valence electrons. The number of nitrogens with one attached hydrogen (secondary N) is 1. The molecule has 0 aromatic heterocycles. The molecule has 1 aromatic carbocycles. The summed E-state index contributed by atoms with van der Waals surface area (Å²) in [6.07, 6.45) is 0.639. The molecule has 5 nitrogen and oxygen atoms in total. The highest BCUT2D eigenvalue weighted by Crippen LogP contribution is 2.11. The van der Waals surface area contributed by atoms with Crippen LogP contribution in [-0.4, -0.2) is 33.9 Å². The molecule has 1 rings (SSSR count). The van der Waals surface area contributed by atoms with Crippen LogP contribution in [0.5, 0.6) is 5.75 Å². The van der Waals surface area contributed by atoms with E-state index in [1.165, 1.54) is 0 Å². The van der Waals surface area contributed by atoms with Gasteiger partial charge in [0.2, 0.25) is 10.0 Å². The summed E-state index contributed by atoms with van der Waals surface area (Å²) in [6.45, 7) is 2.09. The van der Waals surface area contributed by atoms with Gasteiger partial charge in [0.15, 0.2) is 0 Å². The molecule has 0 spiro atoms. The fourth-order valence-corrected chi connectivity index (χ4v) is 2.32. The van der Waals surface area contributed by atoms with Gasteiger partial charge in [0.25, 0.3) is 0 Å². The SMILES string of the molecule is COc1ccc(CCNS(=O)(=O)C(C)CN)cc1. The summed E-state index contributed by atoms with van der Waals surface area (Å²) in [4.78, 5) is 0. The van der Waals surface area contributed by atoms with Crippen LogP contribution < -0.4 is 15.2 Å². The largest absolute Gasteiger partial charge is 0.497 e. The predicted molar refractivity (Wildman–Crippen MR) is 72.1 cm³/mol. The molecule has 0 amide bonds. The molecular formula is C12H20N2O3S. The van der Waals surface area contributed by atoms with Gasteiger partial charge in [-0.25, -0.2) is 13.1 Å². The second kappa shape index (κ2) is 6.72. The Hall–Kier alpha value is -1.11. The van der Waals surface area contributed by atoms with E-state index >= 15 is 0 Å². The Kier molecular flexibility index (Phi) is 5.58. The van der Waals surface area contributed by atoms with Crippen molar-refractivity contribution in [2.45, 2.75) is 18.6 Å². The quantitative estimate of drug-likeness (QED) is 0.757. The lowest BCUT2D eigenvalue weighted by Crippen LogP contribution is -2.37. The van der Waals surface area contributed by atoms with Gasteiger partial charge in [-0.1, -0.05) is 12.1 Å². The van der Waals surface area contributed by atoms with E-state index < -0.39 is 15.3 Å². The van der Waals surface area contributed by atoms with Crippen LogP contribution in [0.4, 0.5) is 0 Å². The first-order valence-corrected chi connectivity index (χ1v) is 7.35. The van der Waals surface area contributed by atoms with Crippen molar-refractivity contribution in [1.29, 1.82) is 0 Å². The van der Waals surface area contributed by atoms with Crippen molar-refractivity contribution >= 4 is 10.0 Å². The van der Waals surface area contributed by atoms with Crippen LogP contribution in [0.25, 0.3) is 0 Å². The highest BCUT2D eigenvalue weighted by atomic mass is 32.2. The Morgan fingerprint density at radius 1 is 1.33 bits per heavy atom. The summed E-state index contributed by atoms with van der Waals surface area (Å²) in [5.74, 6) is 0.788. The Bertz CT molecular complexity index is 457. The van der Waals surface area contributed by atoms with Crippen LogP contribution in [0.3, 0.4) is 0 Å². The van der Waals surface area contributed by atoms with Gasteiger partial charge in [0, 0.05) is 13.1 Å². The minimum Gasteiger partial charge on any atom is -0.497 e. The third-order valence-electron chi connectivity index (χ3n) is 2.74. The van der Waals surface area contributed by atoms with Gasteiger partial charge in [-0.05, 0) is 31.0 Å². The molecule has 1 unspecified atom stereocenters. The van der Waals surface area contributed by atoms with Gasteiger partial charge >= 0.3 is 0 Å². The summed E-state index contributed by atoms with van der Waals surface area (Å²) in [6, 6.07) is 7.54. The van der Waals surface area contributed by atoms with E-state index in [2.05, 4.69) is 4.72 Å². The molecule has 0 fully saturated rings. The van der Waals surface area contributed by atoms with Crippen LogP contribution >= 0.6 is 0 Å². The van der Waals surface area contributed by atoms with Gasteiger partial charge in [0.1, 0.15) is 5.75 Å². The molecule has 0 aliphatic rings. The number of nitrogens with two attached hydrogens (primary N) is 1. The lowest BCUT2D eigenvalue weighted by molar-refractivity contribution is 0.414. The van der Waals surface area contributed by atoms with E-state index in [0.717, 1.165) is 11.3 Å². The van der Waals surface area contributed by atoms with Crippen LogP contribution in [-0.2, 0) is 16.4 Å². The van der Waals surface area contributed by atoms with Crippen molar-refractivity contribution in [2.24, 2.45) is 5.73 Å². The molecule has 0 bridgehead atoms. The minimum atomic E-state index is -3.29. The number of methoxy groups -OCH3 is 1. The van der Waals surface area contributed by atoms with Crippen molar-refractivity contribution in [3.05, 3.63) is 29.8 Å². The van der Waals surface area contributed by atoms with E-state index in [0.29, 0.717) is 13.0 Å². The number of ether oxygens (including phenoxy) is 1. The van der Waals surface area contributed by atoms with Crippen molar-refractivity contribution in [2.75, 3.05) is 20.2 Å². The van der Waals surface area contributed by atoms with Gasteiger partial charge < -0.3 is 10.5 Å². The normalized spacial score (nSPS) is 13.3. The van der Waals surface area contributed by atoms with E-state index in [1.807, 2.05) is 24.3 Å². The van der Waals surface area contributed by atoms with Gasteiger partial charge in [-0.3, -0.25) is 0 Å². The number of rotatable bonds is 7. The van der Waals surface area contributed by atoms with Gasteiger partial charge in [0.05, 0.1) is 12.4 Å². The lowest BCUT2D eigenvalue weighted by Gasteiger charge is -2.11. The molecule has 0 radical (unpaired) electrons. The number of hydrogen-bond donors (Lipinski definition) is 2. The average Bonchev–Trinajstić information content (AvgIpc) is 2.38. The van der Waals surface area contributed by atoms with Crippen LogP contribution in [0.1, 0.15) is 12.5 Å². The van der Waals surface area contributed by atoms with Crippen LogP contribution in [0.2, 0.25) is 0 Å². The van der Waals surface area contributed by atoms with Gasteiger partial charge in [-0.15, -0.1) is 0 Å². The average molecular weight is 272 g/mol. The predicted octanol–water partition coefficient (Wildman–Crippen LogP) is 0.504. The maximum Gasteiger partial charge on any atom is 0.215 e. The Balaban J connectivity index is 2.46. The van der Waals surface area contributed by atoms with Crippen molar-refractivity contribution < 1.29 is 13.2 Å². The zero-order valence-electron chi connectivity index (χ0n) is 10.7. The van der Waals surface area contributed by atoms with Crippen LogP contribution in [0.15, 0.2) is 24.3 Å². The molecule has 0 heterocycles. The summed E-state index contributed by atoms with van der Waals surface area (Å²) in [5, 5.41) is -0.562.